The first-order valence-corrected chi connectivity index (χ1v) is 9.16. The van der Waals surface area contributed by atoms with E-state index >= 15 is 0 Å². The average molecular weight is 326 g/mol. The number of piperidine rings is 1. The molecule has 5 rings (SSSR count). The van der Waals surface area contributed by atoms with Gasteiger partial charge in [0.25, 0.3) is 0 Å². The molecule has 2 nitrogen and oxygen atoms in total. The number of rotatable bonds is 3. The van der Waals surface area contributed by atoms with Crippen molar-refractivity contribution in [3.63, 3.8) is 0 Å². The molecule has 2 atom stereocenters. The van der Waals surface area contributed by atoms with Gasteiger partial charge in [-0.25, -0.2) is 0 Å². The summed E-state index contributed by atoms with van der Waals surface area (Å²) in [4.78, 5) is 15.6. The molecule has 22 heavy (non-hydrogen) atoms. The van der Waals surface area contributed by atoms with Crippen LogP contribution in [0.2, 0.25) is 0 Å². The van der Waals surface area contributed by atoms with Gasteiger partial charge in [-0.2, -0.15) is 0 Å². The summed E-state index contributed by atoms with van der Waals surface area (Å²) in [5, 5.41) is 0. The van der Waals surface area contributed by atoms with Gasteiger partial charge in [-0.3, -0.25) is 9.69 Å². The van der Waals surface area contributed by atoms with Crippen molar-refractivity contribution in [2.24, 2.45) is 22.2 Å². The van der Waals surface area contributed by atoms with E-state index in [4.69, 9.17) is 0 Å². The van der Waals surface area contributed by atoms with E-state index in [0.717, 1.165) is 25.6 Å². The van der Waals surface area contributed by atoms with Crippen molar-refractivity contribution in [2.75, 3.05) is 19.6 Å². The Morgan fingerprint density at radius 2 is 1.55 bits per heavy atom. The van der Waals surface area contributed by atoms with E-state index in [1.807, 2.05) is 0 Å². The Balaban J connectivity index is 0.00000144. The molecule has 0 spiro atoms. The van der Waals surface area contributed by atoms with Gasteiger partial charge in [-0.05, 0) is 81.2 Å². The van der Waals surface area contributed by atoms with Gasteiger partial charge >= 0.3 is 0 Å². The number of halogens is 1. The van der Waals surface area contributed by atoms with Crippen LogP contribution < -0.4 is 0 Å². The lowest BCUT2D eigenvalue weighted by atomic mass is 9.39. The molecule has 0 amide bonds. The number of Topliss-reactive ketones (excluding diaryl/α,β-unsaturated/α-hetero) is 1. The summed E-state index contributed by atoms with van der Waals surface area (Å²) in [7, 11) is 0. The summed E-state index contributed by atoms with van der Waals surface area (Å²) in [5.74, 6) is 1.44. The highest BCUT2D eigenvalue weighted by atomic mass is 35.5. The van der Waals surface area contributed by atoms with E-state index in [2.05, 4.69) is 18.7 Å². The topological polar surface area (TPSA) is 20.3 Å². The maximum atomic E-state index is 13.2. The Labute approximate surface area is 141 Å². The van der Waals surface area contributed by atoms with Gasteiger partial charge in [-0.15, -0.1) is 12.4 Å². The maximum absolute atomic E-state index is 13.2. The highest BCUT2D eigenvalue weighted by Crippen LogP contribution is 2.69. The largest absolute Gasteiger partial charge is 0.298 e. The minimum atomic E-state index is 0. The van der Waals surface area contributed by atoms with Gasteiger partial charge in [0.05, 0.1) is 6.54 Å². The fourth-order valence-electron chi connectivity index (χ4n) is 7.25. The number of carbonyl (C=O) groups is 1. The molecule has 0 aromatic heterocycles. The zero-order valence-electron chi connectivity index (χ0n) is 14.3. The SMILES string of the molecule is CC12CC3CC(C)(C1)CC(C(=O)CN1CCCCC1)(C3)C2.Cl. The van der Waals surface area contributed by atoms with Crippen molar-refractivity contribution < 1.29 is 4.79 Å². The second-order valence-electron chi connectivity index (χ2n) is 9.67. The Morgan fingerprint density at radius 1 is 0.955 bits per heavy atom. The molecule has 0 aromatic rings. The number of ketones is 1. The minimum Gasteiger partial charge on any atom is -0.298 e. The average Bonchev–Trinajstić information content (AvgIpc) is 2.35. The Morgan fingerprint density at radius 3 is 2.09 bits per heavy atom. The highest BCUT2D eigenvalue weighted by molar-refractivity contribution is 5.87. The van der Waals surface area contributed by atoms with Crippen molar-refractivity contribution in [2.45, 2.75) is 71.6 Å². The number of hydrogen-bond acceptors (Lipinski definition) is 2. The van der Waals surface area contributed by atoms with Crippen LogP contribution in [0, 0.1) is 22.2 Å². The summed E-state index contributed by atoms with van der Waals surface area (Å²) in [6, 6.07) is 0. The molecule has 1 aliphatic heterocycles. The van der Waals surface area contributed by atoms with Crippen LogP contribution in [-0.2, 0) is 4.79 Å². The van der Waals surface area contributed by atoms with E-state index in [1.54, 1.807) is 0 Å². The van der Waals surface area contributed by atoms with E-state index in [9.17, 15) is 4.79 Å². The van der Waals surface area contributed by atoms with Crippen molar-refractivity contribution in [1.29, 1.82) is 0 Å². The lowest BCUT2D eigenvalue weighted by molar-refractivity contribution is -0.169. The van der Waals surface area contributed by atoms with Crippen molar-refractivity contribution >= 4 is 18.2 Å². The molecule has 1 saturated heterocycles. The molecule has 5 fully saturated rings. The number of nitrogens with zero attached hydrogens (tertiary/aromatic N) is 1. The van der Waals surface area contributed by atoms with Crippen molar-refractivity contribution in [3.8, 4) is 0 Å². The quantitative estimate of drug-likeness (QED) is 0.763. The molecule has 5 aliphatic rings. The van der Waals surface area contributed by atoms with Gasteiger partial charge < -0.3 is 0 Å². The lowest BCUT2D eigenvalue weighted by Crippen LogP contribution is -2.59. The summed E-state index contributed by atoms with van der Waals surface area (Å²) in [6.07, 6.45) is 11.7. The van der Waals surface area contributed by atoms with Crippen LogP contribution in [0.4, 0.5) is 0 Å². The lowest BCUT2D eigenvalue weighted by Gasteiger charge is -2.65. The van der Waals surface area contributed by atoms with Crippen molar-refractivity contribution in [1.82, 2.24) is 4.90 Å². The van der Waals surface area contributed by atoms with Gasteiger partial charge in [0.1, 0.15) is 0 Å². The summed E-state index contributed by atoms with van der Waals surface area (Å²) < 4.78 is 0. The third-order valence-corrected chi connectivity index (χ3v) is 7.03. The third-order valence-electron chi connectivity index (χ3n) is 7.03. The summed E-state index contributed by atoms with van der Waals surface area (Å²) in [5.41, 5.74) is 0.984. The van der Waals surface area contributed by atoms with Crippen LogP contribution in [0.25, 0.3) is 0 Å². The van der Waals surface area contributed by atoms with Crippen LogP contribution >= 0.6 is 12.4 Å². The molecular formula is C19H32ClNO. The normalized spacial score (nSPS) is 47.3. The smallest absolute Gasteiger partial charge is 0.153 e. The molecule has 0 aromatic carbocycles. The first-order valence-electron chi connectivity index (χ1n) is 9.16. The van der Waals surface area contributed by atoms with Gasteiger partial charge in [-0.1, -0.05) is 20.3 Å². The van der Waals surface area contributed by atoms with Crippen LogP contribution in [-0.4, -0.2) is 30.3 Å². The van der Waals surface area contributed by atoms with E-state index in [0.29, 0.717) is 16.6 Å². The summed E-state index contributed by atoms with van der Waals surface area (Å²) >= 11 is 0. The van der Waals surface area contributed by atoms with Gasteiger partial charge in [0.15, 0.2) is 5.78 Å². The zero-order valence-corrected chi connectivity index (χ0v) is 15.1. The molecule has 2 unspecified atom stereocenters. The second kappa shape index (κ2) is 5.48. The van der Waals surface area contributed by atoms with Crippen LogP contribution in [0.1, 0.15) is 71.6 Å². The van der Waals surface area contributed by atoms with Crippen LogP contribution in [0.3, 0.4) is 0 Å². The Bertz CT molecular complexity index is 438. The van der Waals surface area contributed by atoms with Crippen LogP contribution in [0.5, 0.6) is 0 Å². The summed E-state index contributed by atoms with van der Waals surface area (Å²) in [6.45, 7) is 8.00. The minimum absolute atomic E-state index is 0. The fourth-order valence-corrected chi connectivity index (χ4v) is 7.25. The monoisotopic (exact) mass is 325 g/mol. The van der Waals surface area contributed by atoms with Gasteiger partial charge in [0.2, 0.25) is 0 Å². The second-order valence-corrected chi connectivity index (χ2v) is 9.67. The highest BCUT2D eigenvalue weighted by Gasteiger charge is 2.62. The fraction of sp³-hybridized carbons (Fsp3) is 0.947. The Kier molecular flexibility index (Phi) is 4.18. The first-order chi connectivity index (χ1) is 9.91. The predicted octanol–water partition coefficient (Wildman–Crippen LogP) is 4.46. The van der Waals surface area contributed by atoms with Crippen LogP contribution in [0.15, 0.2) is 0 Å². The van der Waals surface area contributed by atoms with Gasteiger partial charge in [0, 0.05) is 5.41 Å². The van der Waals surface area contributed by atoms with E-state index in [1.165, 1.54) is 57.8 Å². The molecule has 1 heterocycles. The van der Waals surface area contributed by atoms with E-state index in [-0.39, 0.29) is 17.8 Å². The first kappa shape index (κ1) is 16.8. The molecule has 3 heteroatoms. The third kappa shape index (κ3) is 2.75. The number of likely N-dealkylation sites (tertiary alicyclic amines) is 1. The standard InChI is InChI=1S/C19H31NO.ClH/c1-17-8-15-9-18(2,12-17)14-19(10-15,13-17)16(21)11-20-6-4-3-5-7-20;/h15H,3-14H2,1-2H3;1H. The molecule has 4 bridgehead atoms. The van der Waals surface area contributed by atoms with E-state index < -0.39 is 0 Å². The molecule has 126 valence electrons. The molecule has 4 aliphatic carbocycles. The Hall–Kier alpha value is -0.0800. The number of carbonyl (C=O) groups excluding carboxylic acids is 1. The molecule has 0 N–H and O–H groups in total. The van der Waals surface area contributed by atoms with Crippen molar-refractivity contribution in [3.05, 3.63) is 0 Å². The number of hydrogen-bond donors (Lipinski definition) is 0. The predicted molar refractivity (Wildman–Crippen MR) is 92.4 cm³/mol. The molecule has 4 saturated carbocycles. The zero-order chi connectivity index (χ0) is 14.7. The molecular weight excluding hydrogens is 294 g/mol. The molecule has 0 radical (unpaired) electrons. The maximum Gasteiger partial charge on any atom is 0.153 e.